The Morgan fingerprint density at radius 3 is 2.67 bits per heavy atom. The van der Waals surface area contributed by atoms with Crippen LogP contribution < -0.4 is 4.74 Å². The highest BCUT2D eigenvalue weighted by Gasteiger charge is 2.24. The number of piperidine rings is 1. The second-order valence-electron chi connectivity index (χ2n) is 6.75. The van der Waals surface area contributed by atoms with Crippen LogP contribution in [-0.2, 0) is 11.2 Å². The highest BCUT2D eigenvalue weighted by atomic mass is 35.5. The van der Waals surface area contributed by atoms with E-state index in [4.69, 9.17) is 16.3 Å². The molecule has 140 valence electrons. The molecule has 0 bridgehead atoms. The molecule has 0 spiro atoms. The first-order chi connectivity index (χ1) is 13.2. The van der Waals surface area contributed by atoms with Crippen molar-refractivity contribution in [2.45, 2.75) is 31.8 Å². The molecule has 4 rings (SSSR count). The van der Waals surface area contributed by atoms with Gasteiger partial charge in [-0.1, -0.05) is 59.3 Å². The number of carbonyl (C=O) groups is 1. The molecular weight excluding hydrogens is 380 g/mol. The molecule has 6 heteroatoms. The zero-order valence-corrected chi connectivity index (χ0v) is 16.5. The van der Waals surface area contributed by atoms with Crippen LogP contribution in [0.4, 0.5) is 0 Å². The quantitative estimate of drug-likeness (QED) is 0.608. The number of thiazole rings is 1. The second-order valence-corrected chi connectivity index (χ2v) is 8.15. The van der Waals surface area contributed by atoms with Gasteiger partial charge in [0.2, 0.25) is 5.91 Å². The van der Waals surface area contributed by atoms with Crippen LogP contribution in [0.5, 0.6) is 5.19 Å². The summed E-state index contributed by atoms with van der Waals surface area (Å²) in [4.78, 5) is 18.9. The van der Waals surface area contributed by atoms with Crippen molar-refractivity contribution in [1.82, 2.24) is 9.88 Å². The molecule has 2 aromatic carbocycles. The smallest absolute Gasteiger partial charge is 0.274 e. The first-order valence-electron chi connectivity index (χ1n) is 9.22. The summed E-state index contributed by atoms with van der Waals surface area (Å²) < 4.78 is 7.10. The van der Waals surface area contributed by atoms with Gasteiger partial charge in [0, 0.05) is 32.4 Å². The number of carbonyl (C=O) groups excluding carboxylic acids is 1. The average Bonchev–Trinajstić information content (AvgIpc) is 3.11. The first-order valence-corrected chi connectivity index (χ1v) is 10.4. The lowest BCUT2D eigenvalue weighted by molar-refractivity contribution is -0.132. The maximum absolute atomic E-state index is 12.5. The Kier molecular flexibility index (Phi) is 5.60. The summed E-state index contributed by atoms with van der Waals surface area (Å²) in [5.41, 5.74) is 2.01. The Morgan fingerprint density at radius 2 is 1.93 bits per heavy atom. The minimum absolute atomic E-state index is 0.0995. The number of likely N-dealkylation sites (tertiary alicyclic amines) is 1. The first kappa shape index (κ1) is 18.3. The third kappa shape index (κ3) is 4.42. The van der Waals surface area contributed by atoms with Crippen LogP contribution in [0, 0.1) is 0 Å². The van der Waals surface area contributed by atoms with E-state index in [0.717, 1.165) is 42.6 Å². The number of amides is 1. The average molecular weight is 401 g/mol. The highest BCUT2D eigenvalue weighted by Crippen LogP contribution is 2.33. The van der Waals surface area contributed by atoms with Crippen molar-refractivity contribution in [2.75, 3.05) is 13.1 Å². The van der Waals surface area contributed by atoms with Crippen LogP contribution in [0.3, 0.4) is 0 Å². The number of fused-ring (bicyclic) bond motifs is 1. The Hall–Kier alpha value is -2.11. The molecule has 1 aliphatic rings. The predicted molar refractivity (Wildman–Crippen MR) is 110 cm³/mol. The highest BCUT2D eigenvalue weighted by molar-refractivity contribution is 7.20. The number of benzene rings is 2. The van der Waals surface area contributed by atoms with Gasteiger partial charge in [-0.25, -0.2) is 4.98 Å². The van der Waals surface area contributed by atoms with E-state index in [1.807, 2.05) is 41.3 Å². The number of halogens is 1. The van der Waals surface area contributed by atoms with E-state index in [2.05, 4.69) is 17.1 Å². The number of nitrogens with zero attached hydrogens (tertiary/aromatic N) is 2. The van der Waals surface area contributed by atoms with Crippen molar-refractivity contribution in [3.63, 3.8) is 0 Å². The second kappa shape index (κ2) is 8.28. The Balaban J connectivity index is 1.28. The molecule has 1 aliphatic heterocycles. The molecule has 0 unspecified atom stereocenters. The van der Waals surface area contributed by atoms with Gasteiger partial charge in [-0.3, -0.25) is 4.79 Å². The summed E-state index contributed by atoms with van der Waals surface area (Å²) in [5, 5.41) is 1.31. The van der Waals surface area contributed by atoms with Gasteiger partial charge in [0.05, 0.1) is 9.72 Å². The standard InChI is InChI=1S/C21H21ClN2O2S/c22-17-7-4-8-18-20(17)23-21(27-18)26-16-11-13-24(14-12-16)19(25)10-9-15-5-2-1-3-6-15/h1-8,16H,9-14H2. The van der Waals surface area contributed by atoms with Crippen LogP contribution in [0.25, 0.3) is 10.2 Å². The Bertz CT molecular complexity index is 920. The fourth-order valence-corrected chi connectivity index (χ4v) is 4.55. The number of hydrogen-bond donors (Lipinski definition) is 0. The number of ether oxygens (including phenoxy) is 1. The summed E-state index contributed by atoms with van der Waals surface area (Å²) in [5.74, 6) is 0.226. The Labute approximate surface area is 167 Å². The van der Waals surface area contributed by atoms with Gasteiger partial charge in [0.25, 0.3) is 5.19 Å². The molecule has 3 aromatic rings. The van der Waals surface area contributed by atoms with Crippen LogP contribution in [-0.4, -0.2) is 35.0 Å². The van der Waals surface area contributed by atoms with Crippen LogP contribution in [0.15, 0.2) is 48.5 Å². The summed E-state index contributed by atoms with van der Waals surface area (Å²) in [6.07, 6.45) is 3.12. The molecule has 1 saturated heterocycles. The van der Waals surface area contributed by atoms with Gasteiger partial charge < -0.3 is 9.64 Å². The van der Waals surface area contributed by atoms with E-state index >= 15 is 0 Å². The maximum atomic E-state index is 12.5. The summed E-state index contributed by atoms with van der Waals surface area (Å²) in [6.45, 7) is 1.48. The van der Waals surface area contributed by atoms with Crippen LogP contribution in [0.2, 0.25) is 5.02 Å². The summed E-state index contributed by atoms with van der Waals surface area (Å²) >= 11 is 7.71. The van der Waals surface area contributed by atoms with E-state index < -0.39 is 0 Å². The van der Waals surface area contributed by atoms with E-state index in [0.29, 0.717) is 16.6 Å². The molecule has 1 fully saturated rings. The lowest BCUT2D eigenvalue weighted by Crippen LogP contribution is -2.41. The molecule has 1 aromatic heterocycles. The fraction of sp³-hybridized carbons (Fsp3) is 0.333. The Morgan fingerprint density at radius 1 is 1.15 bits per heavy atom. The molecule has 0 aliphatic carbocycles. The molecule has 1 amide bonds. The maximum Gasteiger partial charge on any atom is 0.274 e. The molecule has 0 N–H and O–H groups in total. The van der Waals surface area contributed by atoms with Gasteiger partial charge in [-0.05, 0) is 24.1 Å². The molecule has 0 atom stereocenters. The van der Waals surface area contributed by atoms with Crippen molar-refractivity contribution in [1.29, 1.82) is 0 Å². The van der Waals surface area contributed by atoms with Crippen molar-refractivity contribution in [2.24, 2.45) is 0 Å². The van der Waals surface area contributed by atoms with Gasteiger partial charge >= 0.3 is 0 Å². The topological polar surface area (TPSA) is 42.4 Å². The molecule has 4 nitrogen and oxygen atoms in total. The third-order valence-electron chi connectivity index (χ3n) is 4.88. The molecule has 0 radical (unpaired) electrons. The number of rotatable bonds is 5. The SMILES string of the molecule is O=C(CCc1ccccc1)N1CCC(Oc2nc3c(Cl)cccc3s2)CC1. The van der Waals surface area contributed by atoms with E-state index in [1.165, 1.54) is 16.9 Å². The molecule has 2 heterocycles. The van der Waals surface area contributed by atoms with Crippen LogP contribution in [0.1, 0.15) is 24.8 Å². The molecule has 0 saturated carbocycles. The van der Waals surface area contributed by atoms with Gasteiger partial charge in [-0.15, -0.1) is 0 Å². The van der Waals surface area contributed by atoms with Crippen molar-refractivity contribution >= 4 is 39.1 Å². The minimum Gasteiger partial charge on any atom is -0.467 e. The third-order valence-corrected chi connectivity index (χ3v) is 6.10. The van der Waals surface area contributed by atoms with Gasteiger partial charge in [0.15, 0.2) is 0 Å². The molecule has 27 heavy (non-hydrogen) atoms. The van der Waals surface area contributed by atoms with Crippen molar-refractivity contribution in [3.8, 4) is 5.19 Å². The summed E-state index contributed by atoms with van der Waals surface area (Å²) in [7, 11) is 0. The monoisotopic (exact) mass is 400 g/mol. The lowest BCUT2D eigenvalue weighted by atomic mass is 10.1. The normalized spacial score (nSPS) is 15.2. The summed E-state index contributed by atoms with van der Waals surface area (Å²) in [6, 6.07) is 15.9. The largest absolute Gasteiger partial charge is 0.467 e. The minimum atomic E-state index is 0.0995. The van der Waals surface area contributed by atoms with E-state index in [9.17, 15) is 4.79 Å². The van der Waals surface area contributed by atoms with Gasteiger partial charge in [0.1, 0.15) is 11.6 Å². The number of aromatic nitrogens is 1. The van der Waals surface area contributed by atoms with E-state index in [1.54, 1.807) is 0 Å². The number of hydrogen-bond acceptors (Lipinski definition) is 4. The molecular formula is C21H21ClN2O2S. The lowest BCUT2D eigenvalue weighted by Gasteiger charge is -2.31. The van der Waals surface area contributed by atoms with Crippen molar-refractivity contribution < 1.29 is 9.53 Å². The zero-order valence-electron chi connectivity index (χ0n) is 14.9. The number of para-hydroxylation sites is 1. The van der Waals surface area contributed by atoms with Gasteiger partial charge in [-0.2, -0.15) is 0 Å². The van der Waals surface area contributed by atoms with Crippen molar-refractivity contribution in [3.05, 3.63) is 59.1 Å². The van der Waals surface area contributed by atoms with Crippen LogP contribution >= 0.6 is 22.9 Å². The zero-order chi connectivity index (χ0) is 18.6. The predicted octanol–water partition coefficient (Wildman–Crippen LogP) is 4.95. The number of aryl methyl sites for hydroxylation is 1. The fourth-order valence-electron chi connectivity index (χ4n) is 3.36. The van der Waals surface area contributed by atoms with E-state index in [-0.39, 0.29) is 12.0 Å².